The molecule has 3 rings (SSSR count). The second-order valence-electron chi connectivity index (χ2n) is 5.73. The fourth-order valence-electron chi connectivity index (χ4n) is 2.24. The highest BCUT2D eigenvalue weighted by atomic mass is 16.6. The van der Waals surface area contributed by atoms with Crippen molar-refractivity contribution in [1.82, 2.24) is 10.1 Å². The van der Waals surface area contributed by atoms with Crippen LogP contribution in [0, 0.1) is 15.5 Å². The van der Waals surface area contributed by atoms with Gasteiger partial charge in [-0.15, -0.1) is 0 Å². The summed E-state index contributed by atoms with van der Waals surface area (Å²) in [5.41, 5.74) is 6.22. The lowest BCUT2D eigenvalue weighted by Gasteiger charge is -1.98. The van der Waals surface area contributed by atoms with Crippen molar-refractivity contribution in [3.8, 4) is 11.5 Å². The third-order valence-electron chi connectivity index (χ3n) is 3.74. The summed E-state index contributed by atoms with van der Waals surface area (Å²) in [6.45, 7) is 4.28. The molecular weight excluding hydrogens is 260 g/mol. The smallest absolute Gasteiger partial charge is 0.292 e. The minimum atomic E-state index is -0.528. The van der Waals surface area contributed by atoms with Crippen molar-refractivity contribution in [3.05, 3.63) is 34.1 Å². The van der Waals surface area contributed by atoms with Gasteiger partial charge in [-0.25, -0.2) is 0 Å². The summed E-state index contributed by atoms with van der Waals surface area (Å²) in [4.78, 5) is 14.7. The van der Waals surface area contributed by atoms with Crippen LogP contribution < -0.4 is 5.73 Å². The molecule has 0 amide bonds. The van der Waals surface area contributed by atoms with Gasteiger partial charge in [-0.2, -0.15) is 4.98 Å². The largest absolute Gasteiger partial charge is 0.393 e. The lowest BCUT2D eigenvalue weighted by atomic mass is 10.1. The van der Waals surface area contributed by atoms with Crippen LogP contribution in [-0.4, -0.2) is 15.1 Å². The maximum absolute atomic E-state index is 10.9. The number of nitrogens with two attached hydrogens (primary N) is 1. The molecule has 0 saturated heterocycles. The van der Waals surface area contributed by atoms with Gasteiger partial charge in [0.25, 0.3) is 11.6 Å². The summed E-state index contributed by atoms with van der Waals surface area (Å²) in [5.74, 6) is 1.24. The molecule has 1 aromatic carbocycles. The molecule has 1 aliphatic carbocycles. The quantitative estimate of drug-likeness (QED) is 0.523. The lowest BCUT2D eigenvalue weighted by molar-refractivity contribution is -0.383. The van der Waals surface area contributed by atoms with E-state index in [0.717, 1.165) is 6.42 Å². The Morgan fingerprint density at radius 3 is 2.80 bits per heavy atom. The Labute approximate surface area is 114 Å². The number of benzene rings is 1. The third-order valence-corrected chi connectivity index (χ3v) is 3.74. The summed E-state index contributed by atoms with van der Waals surface area (Å²) in [7, 11) is 0. The zero-order valence-corrected chi connectivity index (χ0v) is 11.2. The van der Waals surface area contributed by atoms with E-state index in [2.05, 4.69) is 24.0 Å². The highest BCUT2D eigenvalue weighted by Gasteiger charge is 2.49. The fourth-order valence-corrected chi connectivity index (χ4v) is 2.24. The van der Waals surface area contributed by atoms with Gasteiger partial charge in [0.2, 0.25) is 0 Å². The second-order valence-corrected chi connectivity index (χ2v) is 5.73. The summed E-state index contributed by atoms with van der Waals surface area (Å²) in [5, 5.41) is 14.8. The number of hydrogen-bond donors (Lipinski definition) is 1. The Morgan fingerprint density at radius 1 is 1.50 bits per heavy atom. The van der Waals surface area contributed by atoms with Gasteiger partial charge in [0.1, 0.15) is 5.69 Å². The maximum atomic E-state index is 10.9. The first-order valence-corrected chi connectivity index (χ1v) is 6.26. The van der Waals surface area contributed by atoms with Crippen LogP contribution in [0.25, 0.3) is 11.5 Å². The van der Waals surface area contributed by atoms with Crippen molar-refractivity contribution in [2.45, 2.75) is 26.2 Å². The van der Waals surface area contributed by atoms with E-state index in [0.29, 0.717) is 17.3 Å². The third kappa shape index (κ3) is 2.01. The van der Waals surface area contributed by atoms with Crippen molar-refractivity contribution in [1.29, 1.82) is 0 Å². The van der Waals surface area contributed by atoms with E-state index in [1.165, 1.54) is 12.1 Å². The van der Waals surface area contributed by atoms with Crippen molar-refractivity contribution >= 4 is 11.4 Å². The molecule has 7 nitrogen and oxygen atoms in total. The van der Waals surface area contributed by atoms with Crippen LogP contribution in [0.5, 0.6) is 0 Å². The summed E-state index contributed by atoms with van der Waals surface area (Å²) < 4.78 is 5.20. The van der Waals surface area contributed by atoms with E-state index in [1.54, 1.807) is 6.07 Å². The Balaban J connectivity index is 1.94. The SMILES string of the molecule is CC1(C)CC1c1noc(-c2ccc(N)c([N+](=O)[O-])c2)n1. The molecule has 20 heavy (non-hydrogen) atoms. The van der Waals surface area contributed by atoms with Crippen molar-refractivity contribution in [3.63, 3.8) is 0 Å². The van der Waals surface area contributed by atoms with E-state index in [-0.39, 0.29) is 22.7 Å². The predicted molar refractivity (Wildman–Crippen MR) is 71.9 cm³/mol. The number of nitro benzene ring substituents is 1. The number of nitrogen functional groups attached to an aromatic ring is 1. The van der Waals surface area contributed by atoms with Crippen LogP contribution in [0.2, 0.25) is 0 Å². The van der Waals surface area contributed by atoms with Gasteiger partial charge in [-0.05, 0) is 24.0 Å². The fraction of sp³-hybridized carbons (Fsp3) is 0.385. The zero-order valence-electron chi connectivity index (χ0n) is 11.2. The molecule has 7 heteroatoms. The molecule has 1 aliphatic rings. The molecule has 2 aromatic rings. The second kappa shape index (κ2) is 4.03. The van der Waals surface area contributed by atoms with Crippen LogP contribution in [0.15, 0.2) is 22.7 Å². The maximum Gasteiger partial charge on any atom is 0.292 e. The van der Waals surface area contributed by atoms with Crippen molar-refractivity contribution in [2.75, 3.05) is 5.73 Å². The van der Waals surface area contributed by atoms with E-state index in [4.69, 9.17) is 10.3 Å². The van der Waals surface area contributed by atoms with Crippen LogP contribution in [0.1, 0.15) is 32.0 Å². The molecule has 0 aliphatic heterocycles. The minimum absolute atomic E-state index is 0.113. The van der Waals surface area contributed by atoms with Crippen LogP contribution >= 0.6 is 0 Å². The molecular formula is C13H14N4O3. The average Bonchev–Trinajstić information content (AvgIpc) is 2.83. The molecule has 1 aromatic heterocycles. The monoisotopic (exact) mass is 274 g/mol. The Hall–Kier alpha value is -2.44. The van der Waals surface area contributed by atoms with Gasteiger partial charge in [0.15, 0.2) is 5.82 Å². The first-order valence-electron chi connectivity index (χ1n) is 6.26. The van der Waals surface area contributed by atoms with Crippen molar-refractivity contribution in [2.24, 2.45) is 5.41 Å². The molecule has 2 N–H and O–H groups in total. The summed E-state index contributed by atoms with van der Waals surface area (Å²) >= 11 is 0. The number of hydrogen-bond acceptors (Lipinski definition) is 6. The minimum Gasteiger partial charge on any atom is -0.393 e. The Kier molecular flexibility index (Phi) is 2.53. The van der Waals surface area contributed by atoms with E-state index in [1.807, 2.05) is 0 Å². The summed E-state index contributed by atoms with van der Waals surface area (Å²) in [6, 6.07) is 4.46. The van der Waals surface area contributed by atoms with Crippen LogP contribution in [-0.2, 0) is 0 Å². The summed E-state index contributed by atoms with van der Waals surface area (Å²) in [6.07, 6.45) is 1.02. The number of nitro groups is 1. The number of nitrogens with zero attached hydrogens (tertiary/aromatic N) is 3. The molecule has 104 valence electrons. The van der Waals surface area contributed by atoms with Crippen LogP contribution in [0.3, 0.4) is 0 Å². The molecule has 1 saturated carbocycles. The molecule has 1 fully saturated rings. The van der Waals surface area contributed by atoms with Gasteiger partial charge >= 0.3 is 0 Å². The molecule has 0 spiro atoms. The molecule has 1 atom stereocenters. The highest BCUT2D eigenvalue weighted by molar-refractivity contribution is 5.67. The van der Waals surface area contributed by atoms with Gasteiger partial charge in [0.05, 0.1) is 4.92 Å². The van der Waals surface area contributed by atoms with Gasteiger partial charge in [-0.3, -0.25) is 10.1 Å². The van der Waals surface area contributed by atoms with Crippen molar-refractivity contribution < 1.29 is 9.45 Å². The first kappa shape index (κ1) is 12.6. The number of aromatic nitrogens is 2. The van der Waals surface area contributed by atoms with Gasteiger partial charge < -0.3 is 10.3 Å². The van der Waals surface area contributed by atoms with E-state index >= 15 is 0 Å². The first-order chi connectivity index (χ1) is 9.38. The lowest BCUT2D eigenvalue weighted by Crippen LogP contribution is -1.96. The standard InChI is InChI=1S/C13H14N4O3/c1-13(2)6-8(13)11-15-12(20-16-11)7-3-4-9(14)10(5-7)17(18)19/h3-5,8H,6,14H2,1-2H3. The topological polar surface area (TPSA) is 108 Å². The predicted octanol–water partition coefficient (Wildman–Crippen LogP) is 2.74. The molecule has 1 unspecified atom stereocenters. The Morgan fingerprint density at radius 2 is 2.20 bits per heavy atom. The molecule has 1 heterocycles. The number of anilines is 1. The average molecular weight is 274 g/mol. The van der Waals surface area contributed by atoms with E-state index in [9.17, 15) is 10.1 Å². The zero-order chi connectivity index (χ0) is 14.5. The number of rotatable bonds is 3. The van der Waals surface area contributed by atoms with Gasteiger partial charge in [-0.1, -0.05) is 19.0 Å². The Bertz CT molecular complexity index is 693. The molecule has 0 bridgehead atoms. The molecule has 0 radical (unpaired) electrons. The van der Waals surface area contributed by atoms with Crippen LogP contribution in [0.4, 0.5) is 11.4 Å². The van der Waals surface area contributed by atoms with Gasteiger partial charge in [0, 0.05) is 17.5 Å². The normalized spacial score (nSPS) is 19.8. The van der Waals surface area contributed by atoms with E-state index < -0.39 is 4.92 Å². The highest BCUT2D eigenvalue weighted by Crippen LogP contribution is 2.57.